The van der Waals surface area contributed by atoms with Gasteiger partial charge < -0.3 is 15.0 Å². The number of carbonyl (C=O) groups is 1. The third-order valence-corrected chi connectivity index (χ3v) is 5.71. The van der Waals surface area contributed by atoms with E-state index in [0.717, 1.165) is 19.3 Å². The minimum Gasteiger partial charge on any atom is -0.378 e. The van der Waals surface area contributed by atoms with Crippen LogP contribution in [0.3, 0.4) is 0 Å². The van der Waals surface area contributed by atoms with E-state index < -0.39 is 17.6 Å². The number of nitrogens with one attached hydrogen (secondary N) is 1. The second-order valence-corrected chi connectivity index (χ2v) is 8.32. The van der Waals surface area contributed by atoms with Crippen LogP contribution in [0.15, 0.2) is 36.4 Å². The Balaban J connectivity index is 1.97. The molecule has 0 atom stereocenters. The van der Waals surface area contributed by atoms with Gasteiger partial charge in [0.1, 0.15) is 0 Å². The summed E-state index contributed by atoms with van der Waals surface area (Å²) in [5, 5.41) is 2.68. The van der Waals surface area contributed by atoms with Gasteiger partial charge in [-0.05, 0) is 81.6 Å². The molecule has 0 aliphatic carbocycles. The molecule has 1 aliphatic heterocycles. The highest BCUT2D eigenvalue weighted by atomic mass is 127. The van der Waals surface area contributed by atoms with E-state index >= 15 is 0 Å². The number of halogens is 5. The van der Waals surface area contributed by atoms with Crippen molar-refractivity contribution in [1.29, 1.82) is 0 Å². The van der Waals surface area contributed by atoms with E-state index in [-0.39, 0.29) is 5.69 Å². The Bertz CT molecular complexity index is 853. The average Bonchev–Trinajstić information content (AvgIpc) is 2.63. The van der Waals surface area contributed by atoms with Crippen LogP contribution in [0.2, 0.25) is 0 Å². The zero-order chi connectivity index (χ0) is 19.6. The molecule has 1 N–H and O–H groups in total. The summed E-state index contributed by atoms with van der Waals surface area (Å²) in [5.74, 6) is -0.438. The Morgan fingerprint density at radius 2 is 1.78 bits per heavy atom. The molecule has 9 heteroatoms. The van der Waals surface area contributed by atoms with Crippen molar-refractivity contribution in [3.63, 3.8) is 0 Å². The van der Waals surface area contributed by atoms with Gasteiger partial charge >= 0.3 is 6.18 Å². The van der Waals surface area contributed by atoms with E-state index in [1.807, 2.05) is 33.6 Å². The van der Waals surface area contributed by atoms with Gasteiger partial charge in [-0.3, -0.25) is 4.79 Å². The minimum atomic E-state index is -4.49. The number of hydrogen-bond donors (Lipinski definition) is 1. The number of benzene rings is 2. The summed E-state index contributed by atoms with van der Waals surface area (Å²) >= 11 is 4.13. The summed E-state index contributed by atoms with van der Waals surface area (Å²) in [6.45, 7) is 2.08. The van der Waals surface area contributed by atoms with Gasteiger partial charge in [-0.25, -0.2) is 0 Å². The van der Waals surface area contributed by atoms with Crippen LogP contribution in [-0.4, -0.2) is 32.2 Å². The number of hydrogen-bond acceptors (Lipinski definition) is 3. The first-order valence-electron chi connectivity index (χ1n) is 8.06. The maximum absolute atomic E-state index is 13.2. The summed E-state index contributed by atoms with van der Waals surface area (Å²) in [6.07, 6.45) is -4.49. The molecule has 1 amide bonds. The smallest absolute Gasteiger partial charge is 0.378 e. The molecule has 0 aromatic heterocycles. The van der Waals surface area contributed by atoms with Gasteiger partial charge in [0.2, 0.25) is 0 Å². The van der Waals surface area contributed by atoms with Crippen LogP contribution < -0.4 is 10.2 Å². The molecule has 2 aromatic rings. The van der Waals surface area contributed by atoms with E-state index in [9.17, 15) is 18.0 Å². The third kappa shape index (κ3) is 5.05. The number of anilines is 2. The molecule has 1 heterocycles. The lowest BCUT2D eigenvalue weighted by atomic mass is 10.1. The molecule has 0 spiro atoms. The first kappa shape index (κ1) is 20.6. The fourth-order valence-corrected chi connectivity index (χ4v) is 3.83. The lowest BCUT2D eigenvalue weighted by Gasteiger charge is -2.31. The Kier molecular flexibility index (Phi) is 6.51. The van der Waals surface area contributed by atoms with Gasteiger partial charge in [0.05, 0.1) is 35.7 Å². The van der Waals surface area contributed by atoms with Crippen LogP contribution in [-0.2, 0) is 10.9 Å². The fourth-order valence-electron chi connectivity index (χ4n) is 2.75. The van der Waals surface area contributed by atoms with Crippen LogP contribution in [0.1, 0.15) is 15.9 Å². The molecule has 0 bridgehead atoms. The average molecular weight is 602 g/mol. The molecule has 144 valence electrons. The molecule has 2 aromatic carbocycles. The van der Waals surface area contributed by atoms with Gasteiger partial charge in [0.15, 0.2) is 0 Å². The molecule has 1 aliphatic rings. The predicted molar refractivity (Wildman–Crippen MR) is 114 cm³/mol. The number of rotatable bonds is 3. The van der Waals surface area contributed by atoms with Crippen molar-refractivity contribution in [2.75, 3.05) is 36.5 Å². The lowest BCUT2D eigenvalue weighted by Crippen LogP contribution is -2.37. The van der Waals surface area contributed by atoms with E-state index in [2.05, 4.69) is 27.9 Å². The van der Waals surface area contributed by atoms with Gasteiger partial charge in [0, 0.05) is 20.2 Å². The van der Waals surface area contributed by atoms with E-state index in [1.54, 1.807) is 12.1 Å². The van der Waals surface area contributed by atoms with Crippen LogP contribution in [0.4, 0.5) is 24.5 Å². The Labute approximate surface area is 181 Å². The van der Waals surface area contributed by atoms with E-state index in [1.165, 1.54) is 6.07 Å². The van der Waals surface area contributed by atoms with E-state index in [0.29, 0.717) is 37.6 Å². The van der Waals surface area contributed by atoms with Crippen LogP contribution in [0, 0.1) is 7.14 Å². The number of amides is 1. The number of nitrogens with zero attached hydrogens (tertiary/aromatic N) is 1. The normalized spacial score (nSPS) is 14.9. The predicted octanol–water partition coefficient (Wildman–Crippen LogP) is 5.00. The summed E-state index contributed by atoms with van der Waals surface area (Å²) in [7, 11) is 0. The summed E-state index contributed by atoms with van der Waals surface area (Å²) in [4.78, 5) is 14.7. The fraction of sp³-hybridized carbons (Fsp3) is 0.278. The molecular weight excluding hydrogens is 587 g/mol. The van der Waals surface area contributed by atoms with Crippen molar-refractivity contribution in [3.8, 4) is 0 Å². The zero-order valence-corrected chi connectivity index (χ0v) is 18.3. The second kappa shape index (κ2) is 8.52. The molecule has 27 heavy (non-hydrogen) atoms. The second-order valence-electron chi connectivity index (χ2n) is 5.91. The lowest BCUT2D eigenvalue weighted by molar-refractivity contribution is -0.137. The van der Waals surface area contributed by atoms with Crippen LogP contribution in [0.25, 0.3) is 0 Å². The standard InChI is InChI=1S/C18H15F3I2N2O2/c19-18(20,21)11-1-4-16(25-5-7-27-8-6-25)15(9-11)24-17(26)13-10-12(22)2-3-14(13)23/h1-4,9-10H,5-8H2,(H,24,26). The van der Waals surface area contributed by atoms with Crippen molar-refractivity contribution < 1.29 is 22.7 Å². The highest BCUT2D eigenvalue weighted by Gasteiger charge is 2.32. The number of carbonyl (C=O) groups excluding carboxylic acids is 1. The highest BCUT2D eigenvalue weighted by Crippen LogP contribution is 2.36. The van der Waals surface area contributed by atoms with Gasteiger partial charge in [-0.1, -0.05) is 0 Å². The van der Waals surface area contributed by atoms with Gasteiger partial charge in [-0.2, -0.15) is 13.2 Å². The summed E-state index contributed by atoms with van der Waals surface area (Å²) < 4.78 is 46.4. The molecule has 1 saturated heterocycles. The van der Waals surface area contributed by atoms with Crippen molar-refractivity contribution in [2.45, 2.75) is 6.18 Å². The van der Waals surface area contributed by atoms with E-state index in [4.69, 9.17) is 4.74 Å². The Hall–Kier alpha value is -1.08. The van der Waals surface area contributed by atoms with Crippen molar-refractivity contribution in [3.05, 3.63) is 54.7 Å². The van der Waals surface area contributed by atoms with Crippen LogP contribution >= 0.6 is 45.2 Å². The van der Waals surface area contributed by atoms with Gasteiger partial charge in [0.25, 0.3) is 5.91 Å². The molecular formula is C18H15F3I2N2O2. The quantitative estimate of drug-likeness (QED) is 0.504. The molecule has 0 unspecified atom stereocenters. The Morgan fingerprint density at radius 3 is 2.44 bits per heavy atom. The third-order valence-electron chi connectivity index (χ3n) is 4.10. The maximum Gasteiger partial charge on any atom is 0.416 e. The van der Waals surface area contributed by atoms with Gasteiger partial charge in [-0.15, -0.1) is 0 Å². The minimum absolute atomic E-state index is 0.145. The molecule has 1 fully saturated rings. The number of alkyl halides is 3. The van der Waals surface area contributed by atoms with Crippen molar-refractivity contribution in [2.24, 2.45) is 0 Å². The van der Waals surface area contributed by atoms with Crippen molar-refractivity contribution in [1.82, 2.24) is 0 Å². The highest BCUT2D eigenvalue weighted by molar-refractivity contribution is 14.1. The molecule has 0 radical (unpaired) electrons. The molecule has 4 nitrogen and oxygen atoms in total. The Morgan fingerprint density at radius 1 is 1.07 bits per heavy atom. The zero-order valence-electron chi connectivity index (χ0n) is 13.9. The first-order valence-corrected chi connectivity index (χ1v) is 10.2. The molecule has 0 saturated carbocycles. The summed E-state index contributed by atoms with van der Waals surface area (Å²) in [6, 6.07) is 8.80. The number of morpholine rings is 1. The first-order chi connectivity index (χ1) is 12.8. The maximum atomic E-state index is 13.2. The SMILES string of the molecule is O=C(Nc1cc(C(F)(F)F)ccc1N1CCOCC1)c1cc(I)ccc1I. The topological polar surface area (TPSA) is 41.6 Å². The van der Waals surface area contributed by atoms with Crippen molar-refractivity contribution >= 4 is 62.5 Å². The molecule has 3 rings (SSSR count). The number of ether oxygens (including phenoxy) is 1. The largest absolute Gasteiger partial charge is 0.416 e. The summed E-state index contributed by atoms with van der Waals surface area (Å²) in [5.41, 5.74) is 0.326. The monoisotopic (exact) mass is 602 g/mol. The van der Waals surface area contributed by atoms with Crippen LogP contribution in [0.5, 0.6) is 0 Å².